The second-order valence-corrected chi connectivity index (χ2v) is 5.88. The Labute approximate surface area is 87.8 Å². The van der Waals surface area contributed by atoms with Crippen molar-refractivity contribution in [3.8, 4) is 0 Å². The normalized spacial score (nSPS) is 16.5. The minimum absolute atomic E-state index is 0.599. The van der Waals surface area contributed by atoms with Crippen LogP contribution in [0, 0.1) is 0 Å². The molecule has 11 nitrogen and oxygen atoms in total. The van der Waals surface area contributed by atoms with Crippen LogP contribution in [-0.2, 0) is 32.6 Å². The molecular formula is CH3N5O6S3. The van der Waals surface area contributed by atoms with Gasteiger partial charge in [0.1, 0.15) is 0 Å². The van der Waals surface area contributed by atoms with Crippen LogP contribution < -0.4 is 0 Å². The first-order valence-corrected chi connectivity index (χ1v) is 6.45. The summed E-state index contributed by atoms with van der Waals surface area (Å²) >= 11 is -6.43. The molecule has 1 aromatic heterocycles. The maximum atomic E-state index is 11.3. The predicted molar refractivity (Wildman–Crippen MR) is 44.7 cm³/mol. The Bertz CT molecular complexity index is 463. The van der Waals surface area contributed by atoms with Gasteiger partial charge in [-0.05, 0) is 5.21 Å². The Kier molecular flexibility index (Phi) is 3.58. The van der Waals surface area contributed by atoms with Crippen molar-refractivity contribution in [3.63, 3.8) is 0 Å². The second-order valence-electron chi connectivity index (χ2n) is 1.85. The first-order valence-electron chi connectivity index (χ1n) is 2.88. The number of sulfonamides is 1. The summed E-state index contributed by atoms with van der Waals surface area (Å²) < 4.78 is 60.0. The Morgan fingerprint density at radius 1 is 1.27 bits per heavy atom. The number of rotatable bonds is 4. The molecule has 0 saturated heterocycles. The average molecular weight is 277 g/mol. The smallest absolute Gasteiger partial charge is 0.292 e. The third-order valence-electron chi connectivity index (χ3n) is 1.01. The Morgan fingerprint density at radius 2 is 1.80 bits per heavy atom. The van der Waals surface area contributed by atoms with Crippen LogP contribution in [0.4, 0.5) is 0 Å². The van der Waals surface area contributed by atoms with Crippen molar-refractivity contribution in [1.29, 1.82) is 0 Å². The molecule has 0 spiro atoms. The highest BCUT2D eigenvalue weighted by Crippen LogP contribution is 2.12. The van der Waals surface area contributed by atoms with E-state index in [4.69, 9.17) is 9.11 Å². The van der Waals surface area contributed by atoms with E-state index in [2.05, 4.69) is 15.4 Å². The highest BCUT2D eigenvalue weighted by atomic mass is 32.3. The standard InChI is InChI=1S/CH3N5O6S3/c7-13(8)6(14(9)10)15(11,12)1-2-4-5-3-1/h(H,7,8)(H,9,10)(H,2,3,4,5). The summed E-state index contributed by atoms with van der Waals surface area (Å²) in [4.78, 5) is 0. The van der Waals surface area contributed by atoms with E-state index in [9.17, 15) is 16.8 Å². The van der Waals surface area contributed by atoms with Gasteiger partial charge in [0.05, 0.1) is 0 Å². The van der Waals surface area contributed by atoms with Gasteiger partial charge in [-0.2, -0.15) is 5.21 Å². The molecule has 1 aromatic rings. The van der Waals surface area contributed by atoms with Gasteiger partial charge < -0.3 is 0 Å². The van der Waals surface area contributed by atoms with Gasteiger partial charge in [-0.3, -0.25) is 9.11 Å². The van der Waals surface area contributed by atoms with E-state index in [-0.39, 0.29) is 0 Å². The van der Waals surface area contributed by atoms with Gasteiger partial charge in [0.15, 0.2) is 0 Å². The van der Waals surface area contributed by atoms with E-state index in [1.54, 1.807) is 5.21 Å². The summed E-state index contributed by atoms with van der Waals surface area (Å²) in [7, 11) is -4.74. The number of nitrogens with zero attached hydrogens (tertiary/aromatic N) is 4. The molecule has 0 fully saturated rings. The predicted octanol–water partition coefficient (Wildman–Crippen LogP) is -2.54. The lowest BCUT2D eigenvalue weighted by Crippen LogP contribution is -2.34. The molecule has 86 valence electrons. The molecule has 0 aromatic carbocycles. The Balaban J connectivity index is 3.26. The fraction of sp³-hybridized carbons (Fsp3) is 0. The van der Waals surface area contributed by atoms with Crippen LogP contribution in [0.3, 0.4) is 0 Å². The largest absolute Gasteiger partial charge is 0.308 e. The fourth-order valence-corrected chi connectivity index (χ4v) is 3.16. The summed E-state index contributed by atoms with van der Waals surface area (Å²) in [6, 6.07) is 0. The molecule has 3 N–H and O–H groups in total. The van der Waals surface area contributed by atoms with E-state index in [1.807, 2.05) is 0 Å². The Morgan fingerprint density at radius 3 is 2.13 bits per heavy atom. The molecule has 14 heteroatoms. The number of aromatic nitrogens is 4. The summed E-state index contributed by atoms with van der Waals surface area (Å²) in [5, 5.41) is 9.68. The monoisotopic (exact) mass is 277 g/mol. The van der Waals surface area contributed by atoms with Crippen molar-refractivity contribution in [3.05, 3.63) is 0 Å². The van der Waals surface area contributed by atoms with E-state index >= 15 is 0 Å². The van der Waals surface area contributed by atoms with E-state index in [1.165, 1.54) is 0 Å². The van der Waals surface area contributed by atoms with Crippen LogP contribution in [0.5, 0.6) is 0 Å². The summed E-state index contributed by atoms with van der Waals surface area (Å²) in [6.07, 6.45) is 0. The minimum Gasteiger partial charge on any atom is -0.292 e. The molecule has 0 aliphatic carbocycles. The maximum Gasteiger partial charge on any atom is 0.308 e. The lowest BCUT2D eigenvalue weighted by Gasteiger charge is -2.08. The van der Waals surface area contributed by atoms with E-state index in [0.29, 0.717) is 0 Å². The van der Waals surface area contributed by atoms with Crippen LogP contribution >= 0.6 is 0 Å². The van der Waals surface area contributed by atoms with Crippen molar-refractivity contribution in [2.24, 2.45) is 0 Å². The first-order chi connectivity index (χ1) is 6.87. The van der Waals surface area contributed by atoms with Gasteiger partial charge in [-0.1, -0.05) is 5.10 Å². The SMILES string of the molecule is O=S(O)N(S(=O)O)S(=O)(=O)c1nn[nH]n1. The van der Waals surface area contributed by atoms with Gasteiger partial charge in [0, 0.05) is 3.12 Å². The fourth-order valence-electron chi connectivity index (χ4n) is 0.551. The van der Waals surface area contributed by atoms with E-state index < -0.39 is 40.8 Å². The summed E-state index contributed by atoms with van der Waals surface area (Å²) in [5.74, 6) is 0. The zero-order valence-electron chi connectivity index (χ0n) is 6.54. The van der Waals surface area contributed by atoms with Crippen LogP contribution in [0.25, 0.3) is 0 Å². The minimum atomic E-state index is -4.74. The zero-order chi connectivity index (χ0) is 11.6. The van der Waals surface area contributed by atoms with Crippen molar-refractivity contribution in [2.45, 2.75) is 5.16 Å². The van der Waals surface area contributed by atoms with Gasteiger partial charge in [-0.15, -0.1) is 5.10 Å². The molecular weight excluding hydrogens is 274 g/mol. The third-order valence-corrected chi connectivity index (χ3v) is 5.25. The number of aromatic amines is 1. The van der Waals surface area contributed by atoms with Gasteiger partial charge in [0.2, 0.25) is 0 Å². The summed E-state index contributed by atoms with van der Waals surface area (Å²) in [5.41, 5.74) is 0. The zero-order valence-corrected chi connectivity index (χ0v) is 8.99. The molecule has 0 aliphatic rings. The molecule has 2 atom stereocenters. The molecule has 1 heterocycles. The molecule has 1 rings (SSSR count). The van der Waals surface area contributed by atoms with Gasteiger partial charge in [-0.25, -0.2) is 16.8 Å². The average Bonchev–Trinajstić information content (AvgIpc) is 2.52. The quantitative estimate of drug-likeness (QED) is 0.502. The number of nitrogens with one attached hydrogen (secondary N) is 1. The molecule has 0 bridgehead atoms. The van der Waals surface area contributed by atoms with Gasteiger partial charge in [0.25, 0.3) is 22.5 Å². The van der Waals surface area contributed by atoms with Crippen molar-refractivity contribution >= 4 is 32.6 Å². The number of H-pyrrole nitrogens is 1. The molecule has 0 amide bonds. The number of hydrogen-bond donors (Lipinski definition) is 3. The van der Waals surface area contributed by atoms with Crippen molar-refractivity contribution < 1.29 is 25.9 Å². The highest BCUT2D eigenvalue weighted by Gasteiger charge is 2.37. The highest BCUT2D eigenvalue weighted by molar-refractivity contribution is 8.10. The maximum absolute atomic E-state index is 11.3. The topological polar surface area (TPSA) is 166 Å². The molecule has 0 aliphatic heterocycles. The lowest BCUT2D eigenvalue weighted by molar-refractivity contribution is 0.497. The van der Waals surface area contributed by atoms with Gasteiger partial charge >= 0.3 is 15.2 Å². The molecule has 0 radical (unpaired) electrons. The molecule has 15 heavy (non-hydrogen) atoms. The molecule has 2 unspecified atom stereocenters. The second kappa shape index (κ2) is 4.37. The number of hydrogen-bond acceptors (Lipinski definition) is 7. The van der Waals surface area contributed by atoms with Crippen LogP contribution in [0.2, 0.25) is 0 Å². The Hall–Kier alpha value is -0.800. The number of tetrazole rings is 1. The van der Waals surface area contributed by atoms with E-state index in [0.717, 1.165) is 0 Å². The van der Waals surface area contributed by atoms with Crippen LogP contribution in [0.1, 0.15) is 0 Å². The van der Waals surface area contributed by atoms with Crippen molar-refractivity contribution in [1.82, 2.24) is 23.7 Å². The van der Waals surface area contributed by atoms with Crippen LogP contribution in [0.15, 0.2) is 5.16 Å². The van der Waals surface area contributed by atoms with Crippen molar-refractivity contribution in [2.75, 3.05) is 0 Å². The summed E-state index contributed by atoms with van der Waals surface area (Å²) in [6.45, 7) is 0. The lowest BCUT2D eigenvalue weighted by atomic mass is 11.4. The molecule has 0 saturated carbocycles. The first kappa shape index (κ1) is 12.3. The van der Waals surface area contributed by atoms with Crippen LogP contribution in [-0.4, -0.2) is 49.7 Å². The third kappa shape index (κ3) is 2.41.